The van der Waals surface area contributed by atoms with Gasteiger partial charge in [-0.3, -0.25) is 4.21 Å². The number of halogens is 2. The summed E-state index contributed by atoms with van der Waals surface area (Å²) < 4.78 is 38.0. The lowest BCUT2D eigenvalue weighted by Gasteiger charge is -2.13. The average Bonchev–Trinajstić information content (AvgIpc) is 2.28. The molecule has 0 fully saturated rings. The molecule has 0 aromatic heterocycles. The predicted octanol–water partition coefficient (Wildman–Crippen LogP) is 2.07. The number of hydrogen-bond acceptors (Lipinski definition) is 2. The van der Waals surface area contributed by atoms with Gasteiger partial charge in [0.15, 0.2) is 0 Å². The van der Waals surface area contributed by atoms with Crippen molar-refractivity contribution in [2.24, 2.45) is 0 Å². The molecule has 1 N–H and O–H groups in total. The first-order valence-electron chi connectivity index (χ1n) is 5.09. The van der Waals surface area contributed by atoms with Gasteiger partial charge in [-0.1, -0.05) is 6.92 Å². The summed E-state index contributed by atoms with van der Waals surface area (Å²) in [6.45, 7) is 1.94. The molecule has 16 heavy (non-hydrogen) atoms. The fourth-order valence-corrected chi connectivity index (χ4v) is 2.81. The molecule has 1 aromatic rings. The molecule has 5 heteroatoms. The van der Waals surface area contributed by atoms with Gasteiger partial charge < -0.3 is 5.32 Å². The standard InChI is InChI=1S/C11H15F2NOS/c1-3-9(14-2)7-16(15)11-6-8(12)4-5-10(11)13/h4-6,9,14H,3,7H2,1-2H3. The molecule has 2 atom stereocenters. The van der Waals surface area contributed by atoms with Gasteiger partial charge in [-0.15, -0.1) is 0 Å². The van der Waals surface area contributed by atoms with Gasteiger partial charge in [0.05, 0.1) is 15.7 Å². The van der Waals surface area contributed by atoms with E-state index in [1.165, 1.54) is 0 Å². The van der Waals surface area contributed by atoms with Crippen molar-refractivity contribution in [3.05, 3.63) is 29.8 Å². The summed E-state index contributed by atoms with van der Waals surface area (Å²) in [4.78, 5) is -0.0614. The number of nitrogens with one attached hydrogen (secondary N) is 1. The maximum atomic E-state index is 13.3. The largest absolute Gasteiger partial charge is 0.316 e. The zero-order valence-corrected chi connectivity index (χ0v) is 10.1. The van der Waals surface area contributed by atoms with Crippen LogP contribution in [0.5, 0.6) is 0 Å². The lowest BCUT2D eigenvalue weighted by atomic mass is 10.3. The zero-order chi connectivity index (χ0) is 12.1. The van der Waals surface area contributed by atoms with Crippen LogP contribution in [0.2, 0.25) is 0 Å². The molecule has 0 aliphatic rings. The molecule has 2 unspecified atom stereocenters. The van der Waals surface area contributed by atoms with E-state index >= 15 is 0 Å². The second-order valence-corrected chi connectivity index (χ2v) is 4.94. The minimum atomic E-state index is -1.51. The summed E-state index contributed by atoms with van der Waals surface area (Å²) in [6, 6.07) is 3.06. The molecule has 1 aromatic carbocycles. The third-order valence-electron chi connectivity index (χ3n) is 2.39. The first kappa shape index (κ1) is 13.3. The van der Waals surface area contributed by atoms with Crippen LogP contribution >= 0.6 is 0 Å². The van der Waals surface area contributed by atoms with Crippen molar-refractivity contribution in [3.8, 4) is 0 Å². The van der Waals surface area contributed by atoms with Gasteiger partial charge in [0, 0.05) is 11.8 Å². The van der Waals surface area contributed by atoms with Gasteiger partial charge in [0.2, 0.25) is 0 Å². The number of rotatable bonds is 5. The van der Waals surface area contributed by atoms with Crippen molar-refractivity contribution < 1.29 is 13.0 Å². The Morgan fingerprint density at radius 1 is 1.44 bits per heavy atom. The van der Waals surface area contributed by atoms with Gasteiger partial charge in [-0.25, -0.2) is 8.78 Å². The minimum absolute atomic E-state index is 0.0449. The van der Waals surface area contributed by atoms with E-state index < -0.39 is 22.4 Å². The van der Waals surface area contributed by atoms with Gasteiger partial charge in [0.25, 0.3) is 0 Å². The van der Waals surface area contributed by atoms with E-state index in [1.54, 1.807) is 7.05 Å². The van der Waals surface area contributed by atoms with Crippen molar-refractivity contribution in [3.63, 3.8) is 0 Å². The molecule has 2 nitrogen and oxygen atoms in total. The van der Waals surface area contributed by atoms with Crippen LogP contribution in [0.15, 0.2) is 23.1 Å². The van der Waals surface area contributed by atoms with Crippen molar-refractivity contribution in [2.75, 3.05) is 12.8 Å². The monoisotopic (exact) mass is 247 g/mol. The molecule has 0 bridgehead atoms. The van der Waals surface area contributed by atoms with Crippen LogP contribution in [0.25, 0.3) is 0 Å². The molecule has 0 heterocycles. The Bertz CT molecular complexity index is 380. The molecule has 0 saturated carbocycles. The minimum Gasteiger partial charge on any atom is -0.316 e. The third kappa shape index (κ3) is 3.35. The normalized spacial score (nSPS) is 14.8. The summed E-state index contributed by atoms with van der Waals surface area (Å²) in [5.41, 5.74) is 0. The van der Waals surface area contributed by atoms with Gasteiger partial charge >= 0.3 is 0 Å². The quantitative estimate of drug-likeness (QED) is 0.863. The maximum absolute atomic E-state index is 13.3. The SMILES string of the molecule is CCC(CS(=O)c1cc(F)ccc1F)NC. The van der Waals surface area contributed by atoms with Gasteiger partial charge in [0.1, 0.15) is 11.6 Å². The lowest BCUT2D eigenvalue weighted by Crippen LogP contribution is -2.30. The summed E-state index contributed by atoms with van der Waals surface area (Å²) in [7, 11) is 0.245. The molecule has 0 aliphatic heterocycles. The van der Waals surface area contributed by atoms with Crippen LogP contribution in [-0.4, -0.2) is 23.1 Å². The Balaban J connectivity index is 2.83. The lowest BCUT2D eigenvalue weighted by molar-refractivity contribution is 0.565. The van der Waals surface area contributed by atoms with Crippen molar-refractivity contribution in [1.29, 1.82) is 0 Å². The third-order valence-corrected chi connectivity index (χ3v) is 3.90. The molecular weight excluding hydrogens is 232 g/mol. The molecule has 0 aliphatic carbocycles. The van der Waals surface area contributed by atoms with E-state index in [-0.39, 0.29) is 16.7 Å². The smallest absolute Gasteiger partial charge is 0.139 e. The van der Waals surface area contributed by atoms with Crippen LogP contribution in [0, 0.1) is 11.6 Å². The highest BCUT2D eigenvalue weighted by Gasteiger charge is 2.15. The molecule has 0 saturated heterocycles. The second kappa shape index (κ2) is 6.06. The summed E-state index contributed by atoms with van der Waals surface area (Å²) >= 11 is 0. The molecular formula is C11H15F2NOS. The Labute approximate surface area is 96.5 Å². The molecule has 1 rings (SSSR count). The van der Waals surface area contributed by atoms with E-state index in [0.717, 1.165) is 24.6 Å². The fourth-order valence-electron chi connectivity index (χ4n) is 1.33. The highest BCUT2D eigenvalue weighted by molar-refractivity contribution is 7.85. The van der Waals surface area contributed by atoms with Crippen LogP contribution < -0.4 is 5.32 Å². The van der Waals surface area contributed by atoms with Crippen LogP contribution in [0.1, 0.15) is 13.3 Å². The van der Waals surface area contributed by atoms with E-state index in [1.807, 2.05) is 6.92 Å². The summed E-state index contributed by atoms with van der Waals surface area (Å²) in [5.74, 6) is -0.902. The average molecular weight is 247 g/mol. The van der Waals surface area contributed by atoms with Crippen LogP contribution in [0.3, 0.4) is 0 Å². The maximum Gasteiger partial charge on any atom is 0.139 e. The first-order chi connectivity index (χ1) is 7.58. The number of benzene rings is 1. The molecule has 0 radical (unpaired) electrons. The molecule has 0 spiro atoms. The summed E-state index contributed by atoms with van der Waals surface area (Å²) in [6.07, 6.45) is 0.791. The predicted molar refractivity (Wildman–Crippen MR) is 60.8 cm³/mol. The summed E-state index contributed by atoms with van der Waals surface area (Å²) in [5, 5.41) is 2.98. The van der Waals surface area contributed by atoms with Crippen molar-refractivity contribution in [1.82, 2.24) is 5.32 Å². The highest BCUT2D eigenvalue weighted by atomic mass is 32.2. The number of hydrogen-bond donors (Lipinski definition) is 1. The molecule has 90 valence electrons. The van der Waals surface area contributed by atoms with Crippen LogP contribution in [-0.2, 0) is 10.8 Å². The Morgan fingerprint density at radius 3 is 2.69 bits per heavy atom. The van der Waals surface area contributed by atoms with Gasteiger partial charge in [-0.2, -0.15) is 0 Å². The topological polar surface area (TPSA) is 29.1 Å². The second-order valence-electron chi connectivity index (χ2n) is 3.48. The van der Waals surface area contributed by atoms with Gasteiger partial charge in [-0.05, 0) is 31.7 Å². The highest BCUT2D eigenvalue weighted by Crippen LogP contribution is 2.15. The Kier molecular flexibility index (Phi) is 5.02. The zero-order valence-electron chi connectivity index (χ0n) is 9.30. The first-order valence-corrected chi connectivity index (χ1v) is 6.41. The van der Waals surface area contributed by atoms with E-state index in [2.05, 4.69) is 5.32 Å². The fraction of sp³-hybridized carbons (Fsp3) is 0.455. The Hall–Kier alpha value is -0.810. The molecule has 0 amide bonds. The van der Waals surface area contributed by atoms with E-state index in [4.69, 9.17) is 0 Å². The Morgan fingerprint density at radius 2 is 2.12 bits per heavy atom. The van der Waals surface area contributed by atoms with E-state index in [0.29, 0.717) is 0 Å². The van der Waals surface area contributed by atoms with Crippen LogP contribution in [0.4, 0.5) is 8.78 Å². The van der Waals surface area contributed by atoms with E-state index in [9.17, 15) is 13.0 Å². The van der Waals surface area contributed by atoms with Crippen molar-refractivity contribution >= 4 is 10.8 Å². The van der Waals surface area contributed by atoms with Crippen molar-refractivity contribution in [2.45, 2.75) is 24.3 Å².